The van der Waals surface area contributed by atoms with E-state index in [1.54, 1.807) is 29.5 Å². The van der Waals surface area contributed by atoms with Crippen LogP contribution in [0.25, 0.3) is 0 Å². The first kappa shape index (κ1) is 18.4. The van der Waals surface area contributed by atoms with Gasteiger partial charge in [0.25, 0.3) is 0 Å². The van der Waals surface area contributed by atoms with E-state index in [-0.39, 0.29) is 0 Å². The van der Waals surface area contributed by atoms with Crippen molar-refractivity contribution in [2.75, 3.05) is 12.0 Å². The zero-order valence-corrected chi connectivity index (χ0v) is 15.7. The molecule has 0 unspecified atom stereocenters. The molecule has 3 rings (SSSR count). The van der Waals surface area contributed by atoms with Gasteiger partial charge in [-0.05, 0) is 36.8 Å². The molecule has 0 aliphatic rings. The van der Waals surface area contributed by atoms with E-state index in [9.17, 15) is 0 Å². The zero-order chi connectivity index (χ0) is 18.4. The molecule has 2 aromatic carbocycles. The van der Waals surface area contributed by atoms with E-state index >= 15 is 0 Å². The molecule has 0 fully saturated rings. The van der Waals surface area contributed by atoms with Crippen molar-refractivity contribution >= 4 is 23.2 Å². The summed E-state index contributed by atoms with van der Waals surface area (Å²) in [5.74, 6) is 1.34. The summed E-state index contributed by atoms with van der Waals surface area (Å²) in [6, 6.07) is 11.1. The molecule has 3 aromatic rings. The number of hydrogen-bond acceptors (Lipinski definition) is 5. The number of rotatable bonds is 8. The van der Waals surface area contributed by atoms with Gasteiger partial charge in [0.05, 0.1) is 13.2 Å². The number of aromatic nitrogens is 3. The van der Waals surface area contributed by atoms with Gasteiger partial charge in [-0.1, -0.05) is 35.3 Å². The van der Waals surface area contributed by atoms with Crippen molar-refractivity contribution in [1.82, 2.24) is 14.9 Å². The van der Waals surface area contributed by atoms with Crippen LogP contribution >= 0.6 is 23.2 Å². The molecule has 1 aromatic heterocycles. The Labute approximate surface area is 161 Å². The second kappa shape index (κ2) is 8.78. The summed E-state index contributed by atoms with van der Waals surface area (Å²) in [4.78, 5) is 0. The minimum atomic E-state index is 0.328. The highest BCUT2D eigenvalue weighted by atomic mass is 35.5. The number of hydrogen-bond donors (Lipinski definition) is 1. The molecule has 0 radical (unpaired) electrons. The average molecular weight is 393 g/mol. The molecule has 136 valence electrons. The topological polar surface area (TPSA) is 61.2 Å². The molecule has 0 spiro atoms. The van der Waals surface area contributed by atoms with Gasteiger partial charge >= 0.3 is 0 Å². The molecular formula is C18H18Cl2N4O2. The molecule has 0 aliphatic heterocycles. The molecule has 0 atom stereocenters. The summed E-state index contributed by atoms with van der Waals surface area (Å²) in [7, 11) is 0. The fourth-order valence-electron chi connectivity index (χ4n) is 2.31. The molecule has 1 heterocycles. The van der Waals surface area contributed by atoms with Crippen LogP contribution in [0.15, 0.2) is 49.1 Å². The van der Waals surface area contributed by atoms with Crippen LogP contribution in [0, 0.1) is 0 Å². The van der Waals surface area contributed by atoms with Crippen molar-refractivity contribution in [1.29, 1.82) is 0 Å². The van der Waals surface area contributed by atoms with Gasteiger partial charge in [-0.3, -0.25) is 0 Å². The normalized spacial score (nSPS) is 10.6. The number of benzene rings is 2. The van der Waals surface area contributed by atoms with Crippen molar-refractivity contribution in [2.24, 2.45) is 0 Å². The molecule has 0 saturated carbocycles. The summed E-state index contributed by atoms with van der Waals surface area (Å²) in [5, 5.41) is 8.67. The summed E-state index contributed by atoms with van der Waals surface area (Å²) >= 11 is 12.1. The van der Waals surface area contributed by atoms with Gasteiger partial charge in [-0.2, -0.15) is 0 Å². The first-order valence-electron chi connectivity index (χ1n) is 8.06. The lowest BCUT2D eigenvalue weighted by molar-refractivity contribution is 0.269. The van der Waals surface area contributed by atoms with Gasteiger partial charge in [-0.15, -0.1) is 10.2 Å². The van der Waals surface area contributed by atoms with E-state index in [0.29, 0.717) is 41.3 Å². The first-order valence-corrected chi connectivity index (χ1v) is 8.82. The Bertz CT molecular complexity index is 856. The Morgan fingerprint density at radius 3 is 2.54 bits per heavy atom. The maximum Gasteiger partial charge on any atom is 0.161 e. The van der Waals surface area contributed by atoms with Crippen LogP contribution in [0.4, 0.5) is 0 Å². The van der Waals surface area contributed by atoms with Crippen LogP contribution in [-0.2, 0) is 13.2 Å². The molecule has 6 nitrogen and oxygen atoms in total. The third-order valence-electron chi connectivity index (χ3n) is 3.59. The van der Waals surface area contributed by atoms with E-state index in [0.717, 1.165) is 11.1 Å². The van der Waals surface area contributed by atoms with Gasteiger partial charge in [-0.25, -0.2) is 4.68 Å². The minimum absolute atomic E-state index is 0.328. The Morgan fingerprint density at radius 1 is 1.00 bits per heavy atom. The van der Waals surface area contributed by atoms with Gasteiger partial charge in [0.15, 0.2) is 11.5 Å². The second-order valence-electron chi connectivity index (χ2n) is 5.44. The predicted molar refractivity (Wildman–Crippen MR) is 101 cm³/mol. The monoisotopic (exact) mass is 392 g/mol. The SMILES string of the molecule is CCOc1cc(CNn2cnnc2)ccc1OCc1ccc(Cl)cc1Cl. The van der Waals surface area contributed by atoms with Crippen molar-refractivity contribution in [2.45, 2.75) is 20.1 Å². The molecule has 1 N–H and O–H groups in total. The molecule has 0 amide bonds. The summed E-state index contributed by atoms with van der Waals surface area (Å²) in [5.41, 5.74) is 5.06. The molecule has 0 bridgehead atoms. The Balaban J connectivity index is 1.69. The van der Waals surface area contributed by atoms with Crippen molar-refractivity contribution in [3.05, 3.63) is 70.2 Å². The smallest absolute Gasteiger partial charge is 0.161 e. The molecule has 0 aliphatic carbocycles. The number of nitrogens with zero attached hydrogens (tertiary/aromatic N) is 3. The molecule has 8 heteroatoms. The maximum atomic E-state index is 6.20. The fourth-order valence-corrected chi connectivity index (χ4v) is 2.77. The predicted octanol–water partition coefficient (Wildman–Crippen LogP) is 4.31. The molecule has 26 heavy (non-hydrogen) atoms. The number of nitrogens with one attached hydrogen (secondary N) is 1. The highest BCUT2D eigenvalue weighted by Gasteiger charge is 2.09. The third kappa shape index (κ3) is 4.80. The third-order valence-corrected chi connectivity index (χ3v) is 4.18. The van der Waals surface area contributed by atoms with Gasteiger partial charge in [0.1, 0.15) is 19.3 Å². The van der Waals surface area contributed by atoms with Crippen LogP contribution in [0.1, 0.15) is 18.1 Å². The van der Waals surface area contributed by atoms with Crippen LogP contribution in [0.2, 0.25) is 10.0 Å². The Morgan fingerprint density at radius 2 is 1.81 bits per heavy atom. The highest BCUT2D eigenvalue weighted by molar-refractivity contribution is 6.35. The van der Waals surface area contributed by atoms with Gasteiger partial charge in [0.2, 0.25) is 0 Å². The quantitative estimate of drug-likeness (QED) is 0.618. The zero-order valence-electron chi connectivity index (χ0n) is 14.2. The lowest BCUT2D eigenvalue weighted by Gasteiger charge is -2.14. The van der Waals surface area contributed by atoms with Crippen LogP contribution < -0.4 is 14.9 Å². The van der Waals surface area contributed by atoms with E-state index in [1.807, 2.05) is 31.2 Å². The fraction of sp³-hybridized carbons (Fsp3) is 0.222. The standard InChI is InChI=1S/C18H18Cl2N4O2/c1-2-25-18-7-13(9-23-24-11-21-22-12-24)3-6-17(18)26-10-14-4-5-15(19)8-16(14)20/h3-8,11-12,23H,2,9-10H2,1H3. The van der Waals surface area contributed by atoms with Crippen LogP contribution in [0.5, 0.6) is 11.5 Å². The summed E-state index contributed by atoms with van der Waals surface area (Å²) in [6.45, 7) is 3.40. The van der Waals surface area contributed by atoms with Crippen LogP contribution in [0.3, 0.4) is 0 Å². The van der Waals surface area contributed by atoms with Crippen molar-refractivity contribution < 1.29 is 9.47 Å². The van der Waals surface area contributed by atoms with Gasteiger partial charge < -0.3 is 14.9 Å². The Hall–Kier alpha value is -2.44. The van der Waals surface area contributed by atoms with E-state index in [4.69, 9.17) is 32.7 Å². The van der Waals surface area contributed by atoms with E-state index in [1.165, 1.54) is 0 Å². The summed E-state index contributed by atoms with van der Waals surface area (Å²) in [6.07, 6.45) is 3.19. The van der Waals surface area contributed by atoms with E-state index < -0.39 is 0 Å². The van der Waals surface area contributed by atoms with E-state index in [2.05, 4.69) is 15.6 Å². The lowest BCUT2D eigenvalue weighted by atomic mass is 10.2. The Kier molecular flexibility index (Phi) is 6.20. The minimum Gasteiger partial charge on any atom is -0.490 e. The van der Waals surface area contributed by atoms with Gasteiger partial charge in [0, 0.05) is 15.6 Å². The van der Waals surface area contributed by atoms with Crippen LogP contribution in [-0.4, -0.2) is 21.5 Å². The maximum absolute atomic E-state index is 6.20. The number of ether oxygens (including phenoxy) is 2. The lowest BCUT2D eigenvalue weighted by Crippen LogP contribution is -2.12. The highest BCUT2D eigenvalue weighted by Crippen LogP contribution is 2.30. The number of halogens is 2. The van der Waals surface area contributed by atoms with Crippen molar-refractivity contribution in [3.63, 3.8) is 0 Å². The average Bonchev–Trinajstić information content (AvgIpc) is 3.14. The molecular weight excluding hydrogens is 375 g/mol. The first-order chi connectivity index (χ1) is 12.7. The largest absolute Gasteiger partial charge is 0.490 e. The second-order valence-corrected chi connectivity index (χ2v) is 6.29. The molecule has 0 saturated heterocycles. The van der Waals surface area contributed by atoms with Crippen molar-refractivity contribution in [3.8, 4) is 11.5 Å². The summed E-state index contributed by atoms with van der Waals surface area (Å²) < 4.78 is 13.3.